The first-order valence-electron chi connectivity index (χ1n) is 12.7. The van der Waals surface area contributed by atoms with Gasteiger partial charge in [-0.2, -0.15) is 5.10 Å². The fourth-order valence-corrected chi connectivity index (χ4v) is 4.82. The molecule has 0 unspecified atom stereocenters. The number of nitrogens with zero attached hydrogens (tertiary/aromatic N) is 4. The molecular weight excluding hydrogens is 479 g/mol. The molecule has 37 heavy (non-hydrogen) atoms. The summed E-state index contributed by atoms with van der Waals surface area (Å²) in [5.74, 6) is 0.417. The predicted octanol–water partition coefficient (Wildman–Crippen LogP) is 2.80. The van der Waals surface area contributed by atoms with Gasteiger partial charge in [-0.25, -0.2) is 9.40 Å². The molecule has 10 heteroatoms. The molecule has 0 aromatic heterocycles. The summed E-state index contributed by atoms with van der Waals surface area (Å²) in [6.07, 6.45) is 0.632. The third-order valence-electron chi connectivity index (χ3n) is 6.90. The van der Waals surface area contributed by atoms with Crippen LogP contribution < -0.4 is 9.47 Å². The van der Waals surface area contributed by atoms with E-state index in [1.807, 2.05) is 12.1 Å². The summed E-state index contributed by atoms with van der Waals surface area (Å²) in [4.78, 5) is 30.2. The molecular formula is C27H31FN4O5. The molecule has 9 nitrogen and oxygen atoms in total. The molecule has 0 aliphatic carbocycles. The molecule has 2 aromatic rings. The first kappa shape index (κ1) is 25.2. The van der Waals surface area contributed by atoms with Crippen molar-refractivity contribution in [1.29, 1.82) is 0 Å². The van der Waals surface area contributed by atoms with E-state index in [9.17, 15) is 14.0 Å². The van der Waals surface area contributed by atoms with Crippen molar-refractivity contribution < 1.29 is 28.2 Å². The lowest BCUT2D eigenvalue weighted by molar-refractivity contribution is -0.141. The number of hydrogen-bond donors (Lipinski definition) is 0. The highest BCUT2D eigenvalue weighted by molar-refractivity contribution is 6.03. The summed E-state index contributed by atoms with van der Waals surface area (Å²) in [5, 5.41) is 5.97. The topological polar surface area (TPSA) is 83.9 Å². The van der Waals surface area contributed by atoms with E-state index in [2.05, 4.69) is 10.0 Å². The summed E-state index contributed by atoms with van der Waals surface area (Å²) in [5.41, 5.74) is 1.64. The van der Waals surface area contributed by atoms with Gasteiger partial charge in [0.25, 0.3) is 5.91 Å². The molecule has 1 atom stereocenters. The minimum absolute atomic E-state index is 0.0984. The van der Waals surface area contributed by atoms with Crippen LogP contribution in [0.2, 0.25) is 0 Å². The number of amides is 2. The van der Waals surface area contributed by atoms with E-state index in [0.29, 0.717) is 61.9 Å². The van der Waals surface area contributed by atoms with Crippen molar-refractivity contribution in [3.8, 4) is 11.5 Å². The van der Waals surface area contributed by atoms with Gasteiger partial charge in [0.05, 0.1) is 25.0 Å². The van der Waals surface area contributed by atoms with Gasteiger partial charge in [0.15, 0.2) is 11.5 Å². The third kappa shape index (κ3) is 5.60. The van der Waals surface area contributed by atoms with Crippen molar-refractivity contribution in [2.24, 2.45) is 5.10 Å². The van der Waals surface area contributed by atoms with E-state index in [1.165, 1.54) is 11.1 Å². The molecule has 5 rings (SSSR count). The van der Waals surface area contributed by atoms with Crippen molar-refractivity contribution in [1.82, 2.24) is 14.8 Å². The van der Waals surface area contributed by atoms with Crippen LogP contribution in [-0.2, 0) is 14.3 Å². The number of carbonyl (C=O) groups excluding carboxylic acids is 2. The molecule has 2 amide bonds. The average Bonchev–Trinajstić information content (AvgIpc) is 3.58. The highest BCUT2D eigenvalue weighted by atomic mass is 19.1. The smallest absolute Gasteiger partial charge is 0.262 e. The first-order chi connectivity index (χ1) is 18.0. The van der Waals surface area contributed by atoms with Crippen LogP contribution in [0.1, 0.15) is 36.9 Å². The fraction of sp³-hybridized carbons (Fsp3) is 0.444. The Morgan fingerprint density at radius 3 is 2.68 bits per heavy atom. The van der Waals surface area contributed by atoms with Gasteiger partial charge in [0.1, 0.15) is 12.4 Å². The van der Waals surface area contributed by atoms with Crippen LogP contribution in [0.5, 0.6) is 11.5 Å². The van der Waals surface area contributed by atoms with E-state index in [4.69, 9.17) is 14.2 Å². The van der Waals surface area contributed by atoms with Gasteiger partial charge in [0.2, 0.25) is 12.7 Å². The molecule has 196 valence electrons. The number of benzene rings is 2. The van der Waals surface area contributed by atoms with Gasteiger partial charge < -0.3 is 19.1 Å². The highest BCUT2D eigenvalue weighted by Gasteiger charge is 2.36. The monoisotopic (exact) mass is 510 g/mol. The third-order valence-corrected chi connectivity index (χ3v) is 6.90. The molecule has 3 aliphatic heterocycles. The first-order valence-corrected chi connectivity index (χ1v) is 12.7. The van der Waals surface area contributed by atoms with Crippen molar-refractivity contribution in [3.63, 3.8) is 0 Å². The molecule has 0 bridgehead atoms. The van der Waals surface area contributed by atoms with Gasteiger partial charge in [0, 0.05) is 44.6 Å². The zero-order valence-corrected chi connectivity index (χ0v) is 20.9. The molecule has 0 saturated carbocycles. The number of ether oxygens (including phenoxy) is 3. The SMILES string of the molecule is CCC(=O)N(CCN1CCOCC1)CC(=O)N1N=C(c2ccccc2F)C[C@@H]1c1ccc2c(c1)OCO2. The number of carbonyl (C=O) groups is 2. The molecule has 2 aromatic carbocycles. The minimum atomic E-state index is -0.463. The number of halogens is 1. The highest BCUT2D eigenvalue weighted by Crippen LogP contribution is 2.39. The van der Waals surface area contributed by atoms with Crippen LogP contribution in [0.4, 0.5) is 4.39 Å². The Kier molecular flexibility index (Phi) is 7.66. The van der Waals surface area contributed by atoms with E-state index in [-0.39, 0.29) is 25.2 Å². The zero-order valence-electron chi connectivity index (χ0n) is 20.9. The maximum Gasteiger partial charge on any atom is 0.262 e. The Labute approximate surface area is 215 Å². The fourth-order valence-electron chi connectivity index (χ4n) is 4.82. The number of rotatable bonds is 8. The lowest BCUT2D eigenvalue weighted by Crippen LogP contribution is -2.46. The second-order valence-electron chi connectivity index (χ2n) is 9.22. The predicted molar refractivity (Wildman–Crippen MR) is 134 cm³/mol. The van der Waals surface area contributed by atoms with E-state index < -0.39 is 11.9 Å². The largest absolute Gasteiger partial charge is 0.454 e. The van der Waals surface area contributed by atoms with Gasteiger partial charge in [-0.15, -0.1) is 0 Å². The summed E-state index contributed by atoms with van der Waals surface area (Å²) in [7, 11) is 0. The second-order valence-corrected chi connectivity index (χ2v) is 9.22. The molecule has 0 radical (unpaired) electrons. The molecule has 3 heterocycles. The molecule has 0 spiro atoms. The molecule has 1 saturated heterocycles. The van der Waals surface area contributed by atoms with Crippen molar-refractivity contribution in [2.75, 3.05) is 52.7 Å². The second kappa shape index (κ2) is 11.3. The minimum Gasteiger partial charge on any atom is -0.454 e. The Bertz CT molecular complexity index is 1180. The summed E-state index contributed by atoms with van der Waals surface area (Å²) < 4.78 is 31.0. The Morgan fingerprint density at radius 2 is 1.89 bits per heavy atom. The molecule has 1 fully saturated rings. The van der Waals surface area contributed by atoms with Crippen LogP contribution in [0, 0.1) is 5.82 Å². The van der Waals surface area contributed by atoms with Gasteiger partial charge in [-0.1, -0.05) is 31.2 Å². The lowest BCUT2D eigenvalue weighted by atomic mass is 9.97. The molecule has 0 N–H and O–H groups in total. The Balaban J connectivity index is 1.38. The lowest BCUT2D eigenvalue weighted by Gasteiger charge is -2.31. The maximum absolute atomic E-state index is 14.6. The number of fused-ring (bicyclic) bond motifs is 1. The summed E-state index contributed by atoms with van der Waals surface area (Å²) in [6.45, 7) is 5.86. The number of hydrazone groups is 1. The Morgan fingerprint density at radius 1 is 1.11 bits per heavy atom. The standard InChI is InChI=1S/C27H31FN4O5/c1-2-26(33)31(10-9-30-11-13-35-14-12-30)17-27(34)32-23(19-7-8-24-25(15-19)37-18-36-24)16-22(29-32)20-5-3-4-6-21(20)28/h3-8,15,23H,2,9-14,16-18H2,1H3/t23-/m1/s1. The maximum atomic E-state index is 14.6. The van der Waals surface area contributed by atoms with Crippen LogP contribution in [0.15, 0.2) is 47.6 Å². The van der Waals surface area contributed by atoms with Crippen LogP contribution in [-0.4, -0.2) is 85.1 Å². The van der Waals surface area contributed by atoms with Crippen molar-refractivity contribution in [3.05, 3.63) is 59.4 Å². The van der Waals surface area contributed by atoms with Gasteiger partial charge in [-0.3, -0.25) is 14.5 Å². The Hall–Kier alpha value is -3.50. The normalized spacial score (nSPS) is 19.1. The van der Waals surface area contributed by atoms with Crippen molar-refractivity contribution in [2.45, 2.75) is 25.8 Å². The van der Waals surface area contributed by atoms with Crippen LogP contribution in [0.3, 0.4) is 0 Å². The number of morpholine rings is 1. The van der Waals surface area contributed by atoms with Crippen molar-refractivity contribution >= 4 is 17.5 Å². The van der Waals surface area contributed by atoms with Gasteiger partial charge in [-0.05, 0) is 23.8 Å². The molecule has 3 aliphatic rings. The quantitative estimate of drug-likeness (QED) is 0.543. The van der Waals surface area contributed by atoms with E-state index in [0.717, 1.165) is 18.7 Å². The summed E-state index contributed by atoms with van der Waals surface area (Å²) >= 11 is 0. The van der Waals surface area contributed by atoms with Gasteiger partial charge >= 0.3 is 0 Å². The van der Waals surface area contributed by atoms with Crippen LogP contribution in [0.25, 0.3) is 0 Å². The zero-order chi connectivity index (χ0) is 25.8. The van der Waals surface area contributed by atoms with E-state index in [1.54, 1.807) is 36.1 Å². The van der Waals surface area contributed by atoms with E-state index >= 15 is 0 Å². The summed E-state index contributed by atoms with van der Waals surface area (Å²) in [6, 6.07) is 11.4. The van der Waals surface area contributed by atoms with Crippen LogP contribution >= 0.6 is 0 Å². The number of hydrogen-bond acceptors (Lipinski definition) is 7. The average molecular weight is 511 g/mol.